The highest BCUT2D eigenvalue weighted by atomic mass is 16.5. The third-order valence-corrected chi connectivity index (χ3v) is 3.31. The second-order valence-electron chi connectivity index (χ2n) is 5.67. The van der Waals surface area contributed by atoms with Crippen molar-refractivity contribution < 1.29 is 9.84 Å². The van der Waals surface area contributed by atoms with Crippen LogP contribution in [-0.2, 0) is 4.74 Å². The quantitative estimate of drug-likeness (QED) is 0.728. The first-order valence-electron chi connectivity index (χ1n) is 5.85. The van der Waals surface area contributed by atoms with Gasteiger partial charge in [-0.3, -0.25) is 0 Å². The van der Waals surface area contributed by atoms with Gasteiger partial charge in [0.05, 0.1) is 12.7 Å². The highest BCUT2D eigenvalue weighted by molar-refractivity contribution is 4.91. The summed E-state index contributed by atoms with van der Waals surface area (Å²) in [5.41, 5.74) is 0.448. The normalized spacial score (nSPS) is 31.8. The molecule has 3 heteroatoms. The molecule has 3 nitrogen and oxygen atoms in total. The van der Waals surface area contributed by atoms with Crippen LogP contribution in [0.5, 0.6) is 0 Å². The van der Waals surface area contributed by atoms with Gasteiger partial charge >= 0.3 is 0 Å². The molecule has 3 atom stereocenters. The lowest BCUT2D eigenvalue weighted by molar-refractivity contribution is 0.0618. The van der Waals surface area contributed by atoms with E-state index in [4.69, 9.17) is 4.74 Å². The van der Waals surface area contributed by atoms with Gasteiger partial charge in [-0.2, -0.15) is 0 Å². The fourth-order valence-corrected chi connectivity index (χ4v) is 2.71. The van der Waals surface area contributed by atoms with Crippen LogP contribution in [0.15, 0.2) is 0 Å². The fraction of sp³-hybridized carbons (Fsp3) is 1.00. The number of rotatable bonds is 5. The summed E-state index contributed by atoms with van der Waals surface area (Å²) in [6.07, 6.45) is 2.09. The highest BCUT2D eigenvalue weighted by Crippen LogP contribution is 2.40. The molecule has 0 radical (unpaired) electrons. The SMILES string of the molecule is COCC(O)CNC1CC(C)(C)CC1C. The molecular formula is C12H25NO2. The predicted molar refractivity (Wildman–Crippen MR) is 61.9 cm³/mol. The zero-order valence-corrected chi connectivity index (χ0v) is 10.4. The van der Waals surface area contributed by atoms with E-state index in [0.717, 1.165) is 0 Å². The number of nitrogens with one attached hydrogen (secondary N) is 1. The van der Waals surface area contributed by atoms with E-state index in [2.05, 4.69) is 26.1 Å². The molecule has 0 aliphatic heterocycles. The van der Waals surface area contributed by atoms with Crippen molar-refractivity contribution in [2.75, 3.05) is 20.3 Å². The van der Waals surface area contributed by atoms with Crippen molar-refractivity contribution in [3.05, 3.63) is 0 Å². The molecule has 1 aliphatic rings. The minimum atomic E-state index is -0.383. The number of ether oxygens (including phenoxy) is 1. The smallest absolute Gasteiger partial charge is 0.0897 e. The van der Waals surface area contributed by atoms with Gasteiger partial charge in [0.25, 0.3) is 0 Å². The summed E-state index contributed by atoms with van der Waals surface area (Å²) in [6.45, 7) is 7.97. The van der Waals surface area contributed by atoms with Crippen LogP contribution in [0.4, 0.5) is 0 Å². The van der Waals surface area contributed by atoms with Crippen molar-refractivity contribution in [1.82, 2.24) is 5.32 Å². The van der Waals surface area contributed by atoms with Crippen LogP contribution in [0.1, 0.15) is 33.6 Å². The van der Waals surface area contributed by atoms with E-state index in [0.29, 0.717) is 30.5 Å². The van der Waals surface area contributed by atoms with Crippen LogP contribution in [0.2, 0.25) is 0 Å². The van der Waals surface area contributed by atoms with E-state index in [-0.39, 0.29) is 6.10 Å². The molecule has 1 saturated carbocycles. The molecule has 1 fully saturated rings. The molecule has 0 bridgehead atoms. The van der Waals surface area contributed by atoms with Gasteiger partial charge in [-0.25, -0.2) is 0 Å². The highest BCUT2D eigenvalue weighted by Gasteiger charge is 2.36. The molecule has 15 heavy (non-hydrogen) atoms. The monoisotopic (exact) mass is 215 g/mol. The van der Waals surface area contributed by atoms with E-state index >= 15 is 0 Å². The Kier molecular flexibility index (Phi) is 4.56. The first kappa shape index (κ1) is 12.9. The first-order valence-corrected chi connectivity index (χ1v) is 5.85. The number of aliphatic hydroxyl groups excluding tert-OH is 1. The van der Waals surface area contributed by atoms with Gasteiger partial charge in [0.1, 0.15) is 0 Å². The van der Waals surface area contributed by atoms with Crippen molar-refractivity contribution in [3.8, 4) is 0 Å². The lowest BCUT2D eigenvalue weighted by Gasteiger charge is -2.20. The average Bonchev–Trinajstić information content (AvgIpc) is 2.36. The maximum Gasteiger partial charge on any atom is 0.0897 e. The van der Waals surface area contributed by atoms with Gasteiger partial charge in [0.2, 0.25) is 0 Å². The predicted octanol–water partition coefficient (Wildman–Crippen LogP) is 1.41. The zero-order valence-electron chi connectivity index (χ0n) is 10.4. The largest absolute Gasteiger partial charge is 0.389 e. The Hall–Kier alpha value is -0.120. The summed E-state index contributed by atoms with van der Waals surface area (Å²) in [5, 5.41) is 13.0. The molecule has 0 aromatic rings. The Bertz CT molecular complexity index is 194. The molecule has 0 heterocycles. The zero-order chi connectivity index (χ0) is 11.5. The van der Waals surface area contributed by atoms with Crippen LogP contribution in [0, 0.1) is 11.3 Å². The summed E-state index contributed by atoms with van der Waals surface area (Å²) in [5.74, 6) is 0.703. The molecule has 0 aromatic carbocycles. The van der Waals surface area contributed by atoms with Crippen molar-refractivity contribution in [1.29, 1.82) is 0 Å². The lowest BCUT2D eigenvalue weighted by atomic mass is 9.91. The Morgan fingerprint density at radius 1 is 1.47 bits per heavy atom. The Morgan fingerprint density at radius 3 is 2.60 bits per heavy atom. The summed E-state index contributed by atoms with van der Waals surface area (Å²) in [7, 11) is 1.62. The third-order valence-electron chi connectivity index (χ3n) is 3.31. The molecule has 1 rings (SSSR count). The summed E-state index contributed by atoms with van der Waals surface area (Å²) in [4.78, 5) is 0. The molecule has 90 valence electrons. The van der Waals surface area contributed by atoms with Crippen molar-refractivity contribution in [3.63, 3.8) is 0 Å². The van der Waals surface area contributed by atoms with Crippen LogP contribution >= 0.6 is 0 Å². The van der Waals surface area contributed by atoms with Crippen LogP contribution < -0.4 is 5.32 Å². The number of hydrogen-bond acceptors (Lipinski definition) is 3. The number of aliphatic hydroxyl groups is 1. The van der Waals surface area contributed by atoms with E-state index in [1.807, 2.05) is 0 Å². The maximum atomic E-state index is 9.54. The second kappa shape index (κ2) is 5.28. The van der Waals surface area contributed by atoms with Gasteiger partial charge < -0.3 is 15.2 Å². The van der Waals surface area contributed by atoms with E-state index < -0.39 is 0 Å². The van der Waals surface area contributed by atoms with Crippen LogP contribution in [0.3, 0.4) is 0 Å². The minimum Gasteiger partial charge on any atom is -0.389 e. The Balaban J connectivity index is 2.27. The average molecular weight is 215 g/mol. The summed E-state index contributed by atoms with van der Waals surface area (Å²) < 4.78 is 4.90. The van der Waals surface area contributed by atoms with Crippen LogP contribution in [0.25, 0.3) is 0 Å². The van der Waals surface area contributed by atoms with Crippen molar-refractivity contribution >= 4 is 0 Å². The van der Waals surface area contributed by atoms with Gasteiger partial charge in [-0.05, 0) is 24.2 Å². The maximum absolute atomic E-state index is 9.54. The Morgan fingerprint density at radius 2 is 2.13 bits per heavy atom. The van der Waals surface area contributed by atoms with E-state index in [1.54, 1.807) is 7.11 Å². The second-order valence-corrected chi connectivity index (χ2v) is 5.67. The lowest BCUT2D eigenvalue weighted by Crippen LogP contribution is -2.38. The molecule has 0 aromatic heterocycles. The number of methoxy groups -OCH3 is 1. The molecule has 0 spiro atoms. The first-order chi connectivity index (χ1) is 6.94. The fourth-order valence-electron chi connectivity index (χ4n) is 2.71. The topological polar surface area (TPSA) is 41.5 Å². The Labute approximate surface area is 93.2 Å². The minimum absolute atomic E-state index is 0.383. The van der Waals surface area contributed by atoms with Crippen molar-refractivity contribution in [2.45, 2.75) is 45.8 Å². The summed E-state index contributed by atoms with van der Waals surface area (Å²) >= 11 is 0. The number of hydrogen-bond donors (Lipinski definition) is 2. The standard InChI is InChI=1S/C12H25NO2/c1-9-5-12(2,3)6-11(9)13-7-10(14)8-15-4/h9-11,13-14H,5-8H2,1-4H3. The van der Waals surface area contributed by atoms with Crippen molar-refractivity contribution in [2.24, 2.45) is 11.3 Å². The van der Waals surface area contributed by atoms with Crippen LogP contribution in [-0.4, -0.2) is 37.5 Å². The van der Waals surface area contributed by atoms with Gasteiger partial charge in [0.15, 0.2) is 0 Å². The molecule has 2 N–H and O–H groups in total. The summed E-state index contributed by atoms with van der Waals surface area (Å²) in [6, 6.07) is 0.548. The van der Waals surface area contributed by atoms with Gasteiger partial charge in [0, 0.05) is 19.7 Å². The third kappa shape index (κ3) is 4.09. The van der Waals surface area contributed by atoms with E-state index in [9.17, 15) is 5.11 Å². The molecule has 0 amide bonds. The van der Waals surface area contributed by atoms with Gasteiger partial charge in [-0.15, -0.1) is 0 Å². The molecule has 3 unspecified atom stereocenters. The van der Waals surface area contributed by atoms with Gasteiger partial charge in [-0.1, -0.05) is 20.8 Å². The molecular weight excluding hydrogens is 190 g/mol. The van der Waals surface area contributed by atoms with E-state index in [1.165, 1.54) is 12.8 Å². The molecule has 1 aliphatic carbocycles. The molecule has 0 saturated heterocycles.